The van der Waals surface area contributed by atoms with E-state index in [9.17, 15) is 0 Å². The summed E-state index contributed by atoms with van der Waals surface area (Å²) in [5.41, 5.74) is 3.46. The maximum absolute atomic E-state index is 5.16. The minimum Gasteiger partial charge on any atom is -0.472 e. The van der Waals surface area contributed by atoms with E-state index in [-0.39, 0.29) is 5.92 Å². The largest absolute Gasteiger partial charge is 0.472 e. The van der Waals surface area contributed by atoms with Crippen molar-refractivity contribution in [2.24, 2.45) is 0 Å². The highest BCUT2D eigenvalue weighted by atomic mass is 16.3. The Labute approximate surface area is 93.1 Å². The Morgan fingerprint density at radius 3 is 2.06 bits per heavy atom. The molecular formula is C13H12N2O. The molecule has 0 atom stereocenters. The Morgan fingerprint density at radius 2 is 1.62 bits per heavy atom. The van der Waals surface area contributed by atoms with Crippen molar-refractivity contribution >= 4 is 0 Å². The van der Waals surface area contributed by atoms with Gasteiger partial charge in [-0.05, 0) is 30.3 Å². The standard InChI is InChI=1S/C13H12N2O/c1-3-11(14-6-1)13(10-5-8-16-9-10)12-4-2-7-15-12/h1-9,13-15H. The van der Waals surface area contributed by atoms with Crippen molar-refractivity contribution in [3.05, 3.63) is 72.2 Å². The average molecular weight is 212 g/mol. The van der Waals surface area contributed by atoms with Gasteiger partial charge in [-0.1, -0.05) is 0 Å². The van der Waals surface area contributed by atoms with Gasteiger partial charge in [-0.15, -0.1) is 0 Å². The SMILES string of the molecule is c1c[nH]c(C(c2ccoc2)c2ccc[nH]2)c1. The lowest BCUT2D eigenvalue weighted by atomic mass is 9.95. The second kappa shape index (κ2) is 3.77. The first-order chi connectivity index (χ1) is 7.95. The van der Waals surface area contributed by atoms with Crippen molar-refractivity contribution in [2.45, 2.75) is 5.92 Å². The lowest BCUT2D eigenvalue weighted by Crippen LogP contribution is -2.02. The van der Waals surface area contributed by atoms with Crippen LogP contribution in [0, 0.1) is 0 Å². The molecule has 3 nitrogen and oxygen atoms in total. The van der Waals surface area contributed by atoms with Crippen LogP contribution in [0.2, 0.25) is 0 Å². The van der Waals surface area contributed by atoms with Gasteiger partial charge in [-0.3, -0.25) is 0 Å². The van der Waals surface area contributed by atoms with Crippen LogP contribution in [0.4, 0.5) is 0 Å². The molecule has 3 heteroatoms. The number of hydrogen-bond donors (Lipinski definition) is 2. The second-order valence-electron chi connectivity index (χ2n) is 3.74. The first kappa shape index (κ1) is 9.09. The topological polar surface area (TPSA) is 44.7 Å². The van der Waals surface area contributed by atoms with Crippen molar-refractivity contribution in [3.8, 4) is 0 Å². The van der Waals surface area contributed by atoms with E-state index in [0.717, 1.165) is 17.0 Å². The van der Waals surface area contributed by atoms with Crippen molar-refractivity contribution < 1.29 is 4.42 Å². The fourth-order valence-corrected chi connectivity index (χ4v) is 2.01. The molecule has 0 aromatic carbocycles. The zero-order valence-electron chi connectivity index (χ0n) is 8.68. The highest BCUT2D eigenvalue weighted by Gasteiger charge is 2.18. The van der Waals surface area contributed by atoms with E-state index in [1.54, 1.807) is 12.5 Å². The number of aromatic nitrogens is 2. The molecule has 0 aliphatic heterocycles. The quantitative estimate of drug-likeness (QED) is 0.688. The molecule has 0 unspecified atom stereocenters. The Hall–Kier alpha value is -2.16. The third-order valence-electron chi connectivity index (χ3n) is 2.74. The monoisotopic (exact) mass is 212 g/mol. The van der Waals surface area contributed by atoms with Crippen LogP contribution in [0.25, 0.3) is 0 Å². The van der Waals surface area contributed by atoms with Crippen LogP contribution in [0.1, 0.15) is 22.9 Å². The zero-order chi connectivity index (χ0) is 10.8. The summed E-state index contributed by atoms with van der Waals surface area (Å²) in [5.74, 6) is 0.184. The summed E-state index contributed by atoms with van der Waals surface area (Å²) < 4.78 is 5.16. The van der Waals surface area contributed by atoms with E-state index < -0.39 is 0 Å². The molecule has 0 bridgehead atoms. The van der Waals surface area contributed by atoms with Crippen LogP contribution in [0.5, 0.6) is 0 Å². The average Bonchev–Trinajstić information content (AvgIpc) is 3.02. The van der Waals surface area contributed by atoms with Crippen LogP contribution >= 0.6 is 0 Å². The molecule has 0 fully saturated rings. The molecule has 3 heterocycles. The molecule has 3 aromatic rings. The summed E-state index contributed by atoms with van der Waals surface area (Å²) in [5, 5.41) is 0. The number of aromatic amines is 2. The third-order valence-corrected chi connectivity index (χ3v) is 2.74. The van der Waals surface area contributed by atoms with Crippen molar-refractivity contribution in [1.82, 2.24) is 9.97 Å². The van der Waals surface area contributed by atoms with Crippen LogP contribution in [0.15, 0.2) is 59.7 Å². The summed E-state index contributed by atoms with van der Waals surface area (Å²) in [6.07, 6.45) is 7.36. The Balaban J connectivity index is 2.09. The molecule has 0 spiro atoms. The molecule has 80 valence electrons. The van der Waals surface area contributed by atoms with Gasteiger partial charge >= 0.3 is 0 Å². The van der Waals surface area contributed by atoms with Crippen LogP contribution in [0.3, 0.4) is 0 Å². The van der Waals surface area contributed by atoms with Gasteiger partial charge in [-0.2, -0.15) is 0 Å². The third kappa shape index (κ3) is 1.46. The zero-order valence-corrected chi connectivity index (χ0v) is 8.68. The van der Waals surface area contributed by atoms with Gasteiger partial charge in [0, 0.05) is 29.3 Å². The lowest BCUT2D eigenvalue weighted by Gasteiger charge is -2.12. The number of H-pyrrole nitrogens is 2. The van der Waals surface area contributed by atoms with Crippen molar-refractivity contribution in [3.63, 3.8) is 0 Å². The van der Waals surface area contributed by atoms with Gasteiger partial charge in [0.25, 0.3) is 0 Å². The van der Waals surface area contributed by atoms with E-state index in [2.05, 4.69) is 22.1 Å². The maximum atomic E-state index is 5.16. The van der Waals surface area contributed by atoms with E-state index in [0.29, 0.717) is 0 Å². The second-order valence-corrected chi connectivity index (χ2v) is 3.74. The van der Waals surface area contributed by atoms with E-state index in [1.165, 1.54) is 0 Å². The molecule has 0 saturated carbocycles. The van der Waals surface area contributed by atoms with Crippen LogP contribution in [-0.4, -0.2) is 9.97 Å². The Bertz CT molecular complexity index is 439. The smallest absolute Gasteiger partial charge is 0.0945 e. The number of nitrogens with one attached hydrogen (secondary N) is 2. The predicted octanol–water partition coefficient (Wildman–Crippen LogP) is 3.12. The van der Waals surface area contributed by atoms with Gasteiger partial charge in [-0.25, -0.2) is 0 Å². The highest BCUT2D eigenvalue weighted by Crippen LogP contribution is 2.29. The van der Waals surface area contributed by atoms with Gasteiger partial charge in [0.05, 0.1) is 18.4 Å². The molecular weight excluding hydrogens is 200 g/mol. The normalized spacial score (nSPS) is 11.1. The van der Waals surface area contributed by atoms with Crippen molar-refractivity contribution in [1.29, 1.82) is 0 Å². The summed E-state index contributed by atoms with van der Waals surface area (Å²) >= 11 is 0. The van der Waals surface area contributed by atoms with Crippen LogP contribution < -0.4 is 0 Å². The minimum atomic E-state index is 0.184. The number of furan rings is 1. The van der Waals surface area contributed by atoms with Gasteiger partial charge in [0.15, 0.2) is 0 Å². The van der Waals surface area contributed by atoms with Gasteiger partial charge < -0.3 is 14.4 Å². The Morgan fingerprint density at radius 1 is 0.938 bits per heavy atom. The molecule has 0 amide bonds. The molecule has 0 aliphatic carbocycles. The molecule has 3 aromatic heterocycles. The lowest BCUT2D eigenvalue weighted by molar-refractivity contribution is 0.563. The minimum absolute atomic E-state index is 0.184. The molecule has 2 N–H and O–H groups in total. The summed E-state index contributed by atoms with van der Waals surface area (Å²) in [6, 6.07) is 10.2. The highest BCUT2D eigenvalue weighted by molar-refractivity contribution is 5.35. The Kier molecular flexibility index (Phi) is 2.14. The molecule has 0 radical (unpaired) electrons. The first-order valence-electron chi connectivity index (χ1n) is 5.24. The van der Waals surface area contributed by atoms with E-state index >= 15 is 0 Å². The predicted molar refractivity (Wildman–Crippen MR) is 61.2 cm³/mol. The summed E-state index contributed by atoms with van der Waals surface area (Å²) in [7, 11) is 0. The van der Waals surface area contributed by atoms with Gasteiger partial charge in [0.1, 0.15) is 0 Å². The fraction of sp³-hybridized carbons (Fsp3) is 0.0769. The summed E-state index contributed by atoms with van der Waals surface area (Å²) in [6.45, 7) is 0. The number of rotatable bonds is 3. The first-order valence-corrected chi connectivity index (χ1v) is 5.24. The summed E-state index contributed by atoms with van der Waals surface area (Å²) in [4.78, 5) is 6.50. The molecule has 0 aliphatic rings. The number of hydrogen-bond acceptors (Lipinski definition) is 1. The van der Waals surface area contributed by atoms with E-state index in [1.807, 2.05) is 30.6 Å². The van der Waals surface area contributed by atoms with Gasteiger partial charge in [0.2, 0.25) is 0 Å². The maximum Gasteiger partial charge on any atom is 0.0945 e. The molecule has 3 rings (SSSR count). The molecule has 0 saturated heterocycles. The van der Waals surface area contributed by atoms with Crippen LogP contribution in [-0.2, 0) is 0 Å². The van der Waals surface area contributed by atoms with E-state index in [4.69, 9.17) is 4.42 Å². The van der Waals surface area contributed by atoms with Crippen molar-refractivity contribution in [2.75, 3.05) is 0 Å². The molecule has 16 heavy (non-hydrogen) atoms. The fourth-order valence-electron chi connectivity index (χ4n) is 2.01.